The molecule has 1 aromatic carbocycles. The highest BCUT2D eigenvalue weighted by Gasteiger charge is 2.70. The number of aliphatic hydroxyl groups excluding tert-OH is 1. The lowest BCUT2D eigenvalue weighted by molar-refractivity contribution is -0.222. The van der Waals surface area contributed by atoms with Gasteiger partial charge in [-0.05, 0) is 54.4 Å². The first-order valence-electron chi connectivity index (χ1n) is 12.7. The van der Waals surface area contributed by atoms with Crippen LogP contribution < -0.4 is 0 Å². The van der Waals surface area contributed by atoms with E-state index in [0.717, 1.165) is 31.2 Å². The van der Waals surface area contributed by atoms with Crippen molar-refractivity contribution >= 4 is 18.4 Å². The van der Waals surface area contributed by atoms with Crippen molar-refractivity contribution in [3.63, 3.8) is 0 Å². The van der Waals surface area contributed by atoms with Crippen LogP contribution in [-0.4, -0.2) is 34.6 Å². The molecule has 5 unspecified atom stereocenters. The van der Waals surface area contributed by atoms with E-state index in [0.29, 0.717) is 25.2 Å². The maximum Gasteiger partial charge on any atom is 0.147 e. The lowest BCUT2D eigenvalue weighted by atomic mass is 9.43. The maximum absolute atomic E-state index is 13.4. The van der Waals surface area contributed by atoms with Crippen LogP contribution in [0.2, 0.25) is 0 Å². The number of aliphatic hydroxyl groups is 1. The lowest BCUT2D eigenvalue weighted by Crippen LogP contribution is -2.67. The average molecular weight is 475 g/mol. The molecule has 1 aromatic rings. The van der Waals surface area contributed by atoms with E-state index in [-0.39, 0.29) is 40.3 Å². The Bertz CT molecular complexity index is 857. The lowest BCUT2D eigenvalue weighted by Gasteiger charge is -2.65. The maximum atomic E-state index is 13.4. The van der Waals surface area contributed by atoms with E-state index < -0.39 is 11.5 Å². The molecule has 3 aliphatic rings. The smallest absolute Gasteiger partial charge is 0.147 e. The van der Waals surface area contributed by atoms with Crippen LogP contribution >= 0.6 is 12.6 Å². The fourth-order valence-corrected chi connectivity index (χ4v) is 8.10. The standard InChI is InChI=1S/C28H42O4S/c1-6-25(3)16-22(30)27(5)23-21(29)12-13-28(23,15-14-26(27,4)33)19(2)24(25)32-18-31-17-20-10-8-7-9-11-20/h7-11,19,22-24,30,33H,6,12-18H2,1-5H3/t19?,22-,23?,24?,25+,26?,27+,28?/m1/s1. The number of Topliss-reactive ketones (excluding diaryl/α,β-unsaturated/α-hetero) is 1. The summed E-state index contributed by atoms with van der Waals surface area (Å²) in [6.07, 6.45) is 4.14. The molecule has 0 amide bonds. The summed E-state index contributed by atoms with van der Waals surface area (Å²) in [7, 11) is 0. The number of ketones is 1. The van der Waals surface area contributed by atoms with E-state index in [1.807, 2.05) is 18.2 Å². The van der Waals surface area contributed by atoms with Gasteiger partial charge in [0.05, 0.1) is 18.8 Å². The number of hydrogen-bond donors (Lipinski definition) is 2. The molecule has 1 N–H and O–H groups in total. The number of ether oxygens (including phenoxy) is 2. The summed E-state index contributed by atoms with van der Waals surface area (Å²) in [4.78, 5) is 13.4. The van der Waals surface area contributed by atoms with E-state index in [1.165, 1.54) is 0 Å². The molecule has 3 saturated carbocycles. The highest BCUT2D eigenvalue weighted by atomic mass is 32.1. The molecule has 4 rings (SSSR count). The second-order valence-corrected chi connectivity index (χ2v) is 12.7. The van der Waals surface area contributed by atoms with E-state index in [2.05, 4.69) is 46.8 Å². The molecule has 184 valence electrons. The zero-order chi connectivity index (χ0) is 24.1. The zero-order valence-corrected chi connectivity index (χ0v) is 21.9. The van der Waals surface area contributed by atoms with Crippen LogP contribution in [0.15, 0.2) is 30.3 Å². The van der Waals surface area contributed by atoms with E-state index in [9.17, 15) is 9.90 Å². The first-order chi connectivity index (χ1) is 15.5. The predicted octanol–water partition coefficient (Wildman–Crippen LogP) is 5.82. The van der Waals surface area contributed by atoms with Crippen LogP contribution in [0.5, 0.6) is 0 Å². The quantitative estimate of drug-likeness (QED) is 0.310. The predicted molar refractivity (Wildman–Crippen MR) is 134 cm³/mol. The number of rotatable bonds is 6. The minimum atomic E-state index is -0.611. The Morgan fingerprint density at radius 1 is 1.12 bits per heavy atom. The van der Waals surface area contributed by atoms with Crippen molar-refractivity contribution in [3.05, 3.63) is 35.9 Å². The first kappa shape index (κ1) is 25.2. The van der Waals surface area contributed by atoms with Crippen molar-refractivity contribution in [1.29, 1.82) is 0 Å². The van der Waals surface area contributed by atoms with Gasteiger partial charge >= 0.3 is 0 Å². The molecule has 0 saturated heterocycles. The monoisotopic (exact) mass is 474 g/mol. The van der Waals surface area contributed by atoms with Crippen LogP contribution in [0.1, 0.15) is 78.7 Å². The molecule has 0 aliphatic heterocycles. The molecule has 33 heavy (non-hydrogen) atoms. The summed E-state index contributed by atoms with van der Waals surface area (Å²) in [5, 5.41) is 11.8. The molecule has 3 fully saturated rings. The fourth-order valence-electron chi connectivity index (χ4n) is 7.71. The Balaban J connectivity index is 1.65. The topological polar surface area (TPSA) is 55.8 Å². The van der Waals surface area contributed by atoms with Gasteiger partial charge in [0, 0.05) is 22.5 Å². The van der Waals surface area contributed by atoms with Crippen LogP contribution in [0.3, 0.4) is 0 Å². The van der Waals surface area contributed by atoms with Gasteiger partial charge in [-0.1, -0.05) is 65.0 Å². The number of carbonyl (C=O) groups is 1. The molecule has 0 spiro atoms. The SMILES string of the molecule is CC[C@@]1(C)C[C@@H](O)[C@@]2(C)C3C(=O)CCC3(CCC2(C)S)C(C)C1OCOCc1ccccc1. The summed E-state index contributed by atoms with van der Waals surface area (Å²) in [5.41, 5.74) is 0.190. The summed E-state index contributed by atoms with van der Waals surface area (Å²) in [5.74, 6) is 0.321. The molecular formula is C28H42O4S. The van der Waals surface area contributed by atoms with Crippen molar-refractivity contribution < 1.29 is 19.4 Å². The molecule has 0 aromatic heterocycles. The van der Waals surface area contributed by atoms with Gasteiger partial charge in [0.25, 0.3) is 0 Å². The fraction of sp³-hybridized carbons (Fsp3) is 0.750. The largest absolute Gasteiger partial charge is 0.392 e. The summed E-state index contributed by atoms with van der Waals surface area (Å²) < 4.78 is 12.1. The van der Waals surface area contributed by atoms with Crippen LogP contribution in [0.25, 0.3) is 0 Å². The molecule has 0 heterocycles. The third kappa shape index (κ3) is 3.91. The Hall–Kier alpha value is -0.880. The van der Waals surface area contributed by atoms with Crippen molar-refractivity contribution in [2.24, 2.45) is 28.1 Å². The van der Waals surface area contributed by atoms with Crippen molar-refractivity contribution in [1.82, 2.24) is 0 Å². The third-order valence-electron chi connectivity index (χ3n) is 10.2. The molecule has 2 bridgehead atoms. The molecule has 0 radical (unpaired) electrons. The van der Waals surface area contributed by atoms with E-state index >= 15 is 0 Å². The minimum absolute atomic E-state index is 0.0878. The van der Waals surface area contributed by atoms with Gasteiger partial charge in [-0.25, -0.2) is 0 Å². The first-order valence-corrected chi connectivity index (χ1v) is 13.1. The third-order valence-corrected chi connectivity index (χ3v) is 10.9. The van der Waals surface area contributed by atoms with Gasteiger partial charge in [0.2, 0.25) is 0 Å². The second-order valence-electron chi connectivity index (χ2n) is 11.7. The van der Waals surface area contributed by atoms with Crippen LogP contribution in [0, 0.1) is 28.1 Å². The molecule has 4 nitrogen and oxygen atoms in total. The molecule has 5 heteroatoms. The van der Waals surface area contributed by atoms with Gasteiger partial charge in [-0.3, -0.25) is 4.79 Å². The Labute approximate surface area is 205 Å². The number of benzene rings is 1. The second kappa shape index (κ2) is 8.96. The number of hydrogen-bond acceptors (Lipinski definition) is 5. The molecular weight excluding hydrogens is 432 g/mol. The normalized spacial score (nSPS) is 45.4. The zero-order valence-electron chi connectivity index (χ0n) is 21.0. The van der Waals surface area contributed by atoms with Crippen LogP contribution in [-0.2, 0) is 20.9 Å². The Morgan fingerprint density at radius 3 is 2.48 bits per heavy atom. The number of thiol groups is 1. The van der Waals surface area contributed by atoms with Crippen molar-refractivity contribution in [2.75, 3.05) is 6.79 Å². The van der Waals surface area contributed by atoms with E-state index in [1.54, 1.807) is 0 Å². The van der Waals surface area contributed by atoms with Crippen molar-refractivity contribution in [3.8, 4) is 0 Å². The highest BCUT2D eigenvalue weighted by molar-refractivity contribution is 7.81. The molecule has 3 aliphatic carbocycles. The Kier molecular flexibility index (Phi) is 6.85. The van der Waals surface area contributed by atoms with E-state index in [4.69, 9.17) is 22.1 Å². The number of carbonyl (C=O) groups excluding carboxylic acids is 1. The van der Waals surface area contributed by atoms with Crippen molar-refractivity contribution in [2.45, 2.75) is 96.7 Å². The molecule has 8 atom stereocenters. The van der Waals surface area contributed by atoms with Gasteiger partial charge < -0.3 is 14.6 Å². The van der Waals surface area contributed by atoms with Gasteiger partial charge in [-0.15, -0.1) is 0 Å². The minimum Gasteiger partial charge on any atom is -0.392 e. The summed E-state index contributed by atoms with van der Waals surface area (Å²) in [6, 6.07) is 10.1. The van der Waals surface area contributed by atoms with Gasteiger partial charge in [0.1, 0.15) is 12.6 Å². The average Bonchev–Trinajstić information content (AvgIpc) is 3.14. The van der Waals surface area contributed by atoms with Gasteiger partial charge in [0.15, 0.2) is 0 Å². The van der Waals surface area contributed by atoms with Crippen LogP contribution in [0.4, 0.5) is 0 Å². The summed E-state index contributed by atoms with van der Waals surface area (Å²) in [6.45, 7) is 11.7. The highest BCUT2D eigenvalue weighted by Crippen LogP contribution is 2.70. The Morgan fingerprint density at radius 2 is 1.82 bits per heavy atom. The summed E-state index contributed by atoms with van der Waals surface area (Å²) >= 11 is 5.09. The van der Waals surface area contributed by atoms with Gasteiger partial charge in [-0.2, -0.15) is 12.6 Å².